The molecule has 1 aliphatic carbocycles. The standard InChI is InChI=1S/C9H15N/c1-2-8-3-5-9(7-10)6-4-8/h3,5-6,8H,2,4,7,10H2,1H3/t8-/m1/s1. The molecule has 1 heteroatoms. The fourth-order valence-electron chi connectivity index (χ4n) is 1.16. The van der Waals surface area contributed by atoms with E-state index in [1.54, 1.807) is 0 Å². The number of hydrogen-bond acceptors (Lipinski definition) is 1. The second kappa shape index (κ2) is 3.57. The molecule has 1 atom stereocenters. The zero-order chi connectivity index (χ0) is 7.40. The minimum Gasteiger partial charge on any atom is -0.327 e. The molecule has 0 amide bonds. The van der Waals surface area contributed by atoms with Crippen molar-refractivity contribution in [3.05, 3.63) is 23.8 Å². The average Bonchev–Trinajstić information content (AvgIpc) is 2.05. The Morgan fingerprint density at radius 3 is 2.90 bits per heavy atom. The monoisotopic (exact) mass is 137 g/mol. The van der Waals surface area contributed by atoms with Crippen molar-refractivity contribution in [3.63, 3.8) is 0 Å². The third-order valence-electron chi connectivity index (χ3n) is 2.03. The maximum absolute atomic E-state index is 5.47. The van der Waals surface area contributed by atoms with Gasteiger partial charge in [0.15, 0.2) is 0 Å². The molecule has 0 aromatic rings. The lowest BCUT2D eigenvalue weighted by Gasteiger charge is -2.12. The summed E-state index contributed by atoms with van der Waals surface area (Å²) in [5, 5.41) is 0. The molecule has 0 spiro atoms. The van der Waals surface area contributed by atoms with E-state index in [1.165, 1.54) is 18.4 Å². The van der Waals surface area contributed by atoms with Gasteiger partial charge in [0, 0.05) is 6.54 Å². The zero-order valence-electron chi connectivity index (χ0n) is 6.51. The Bertz CT molecular complexity index is 156. The summed E-state index contributed by atoms with van der Waals surface area (Å²) < 4.78 is 0. The van der Waals surface area contributed by atoms with Crippen molar-refractivity contribution in [2.75, 3.05) is 6.54 Å². The van der Waals surface area contributed by atoms with Crippen molar-refractivity contribution in [1.82, 2.24) is 0 Å². The van der Waals surface area contributed by atoms with Gasteiger partial charge in [0.2, 0.25) is 0 Å². The normalized spacial score (nSPS) is 24.6. The molecule has 0 unspecified atom stereocenters. The molecule has 0 aromatic heterocycles. The summed E-state index contributed by atoms with van der Waals surface area (Å²) in [7, 11) is 0. The van der Waals surface area contributed by atoms with Crippen molar-refractivity contribution < 1.29 is 0 Å². The maximum atomic E-state index is 5.47. The van der Waals surface area contributed by atoms with E-state index in [9.17, 15) is 0 Å². The Labute approximate surface area is 62.6 Å². The molecule has 0 heterocycles. The van der Waals surface area contributed by atoms with E-state index in [0.29, 0.717) is 6.54 Å². The first kappa shape index (κ1) is 7.55. The summed E-state index contributed by atoms with van der Waals surface area (Å²) in [6, 6.07) is 0. The second-order valence-electron chi connectivity index (χ2n) is 2.75. The van der Waals surface area contributed by atoms with Crippen LogP contribution in [-0.4, -0.2) is 6.54 Å². The highest BCUT2D eigenvalue weighted by atomic mass is 14.5. The lowest BCUT2D eigenvalue weighted by Crippen LogP contribution is -2.05. The van der Waals surface area contributed by atoms with E-state index in [4.69, 9.17) is 5.73 Å². The molecule has 0 radical (unpaired) electrons. The first-order valence-corrected chi connectivity index (χ1v) is 3.94. The first-order valence-electron chi connectivity index (χ1n) is 3.94. The second-order valence-corrected chi connectivity index (χ2v) is 2.75. The van der Waals surface area contributed by atoms with Crippen LogP contribution < -0.4 is 5.73 Å². The van der Waals surface area contributed by atoms with Gasteiger partial charge in [-0.25, -0.2) is 0 Å². The summed E-state index contributed by atoms with van der Waals surface area (Å²) in [6.45, 7) is 2.91. The highest BCUT2D eigenvalue weighted by Crippen LogP contribution is 2.17. The summed E-state index contributed by atoms with van der Waals surface area (Å²) >= 11 is 0. The van der Waals surface area contributed by atoms with Crippen LogP contribution in [0, 0.1) is 5.92 Å². The Morgan fingerprint density at radius 2 is 2.50 bits per heavy atom. The Hall–Kier alpha value is -0.560. The Kier molecular flexibility index (Phi) is 2.69. The maximum Gasteiger partial charge on any atom is 0.0174 e. The van der Waals surface area contributed by atoms with Gasteiger partial charge >= 0.3 is 0 Å². The van der Waals surface area contributed by atoms with Crippen LogP contribution in [0.5, 0.6) is 0 Å². The number of allylic oxidation sites excluding steroid dienone is 2. The van der Waals surface area contributed by atoms with E-state index >= 15 is 0 Å². The zero-order valence-corrected chi connectivity index (χ0v) is 6.51. The molecule has 0 saturated heterocycles. The van der Waals surface area contributed by atoms with Crippen LogP contribution >= 0.6 is 0 Å². The molecule has 0 aliphatic heterocycles. The van der Waals surface area contributed by atoms with Crippen LogP contribution in [0.1, 0.15) is 19.8 Å². The summed E-state index contributed by atoms with van der Waals surface area (Å²) in [5.74, 6) is 0.760. The first-order chi connectivity index (χ1) is 4.86. The lowest BCUT2D eigenvalue weighted by molar-refractivity contribution is 0.628. The lowest BCUT2D eigenvalue weighted by atomic mass is 9.95. The summed E-state index contributed by atoms with van der Waals surface area (Å²) in [6.07, 6.45) is 9.08. The van der Waals surface area contributed by atoms with E-state index in [2.05, 4.69) is 25.2 Å². The highest BCUT2D eigenvalue weighted by molar-refractivity contribution is 5.24. The number of nitrogens with two attached hydrogens (primary N) is 1. The molecule has 0 aromatic carbocycles. The van der Waals surface area contributed by atoms with Crippen LogP contribution in [0.4, 0.5) is 0 Å². The smallest absolute Gasteiger partial charge is 0.0174 e. The van der Waals surface area contributed by atoms with Crippen LogP contribution in [0.25, 0.3) is 0 Å². The topological polar surface area (TPSA) is 26.0 Å². The van der Waals surface area contributed by atoms with Gasteiger partial charge in [-0.2, -0.15) is 0 Å². The van der Waals surface area contributed by atoms with Crippen molar-refractivity contribution in [2.45, 2.75) is 19.8 Å². The largest absolute Gasteiger partial charge is 0.327 e. The summed E-state index contributed by atoms with van der Waals surface area (Å²) in [4.78, 5) is 0. The summed E-state index contributed by atoms with van der Waals surface area (Å²) in [5.41, 5.74) is 6.75. The quantitative estimate of drug-likeness (QED) is 0.617. The van der Waals surface area contributed by atoms with E-state index in [1.807, 2.05) is 0 Å². The van der Waals surface area contributed by atoms with Gasteiger partial charge in [0.25, 0.3) is 0 Å². The van der Waals surface area contributed by atoms with E-state index in [-0.39, 0.29) is 0 Å². The van der Waals surface area contributed by atoms with Gasteiger partial charge in [0.1, 0.15) is 0 Å². The molecular formula is C9H15N. The number of rotatable bonds is 2. The third kappa shape index (κ3) is 1.71. The predicted molar refractivity (Wildman–Crippen MR) is 44.7 cm³/mol. The highest BCUT2D eigenvalue weighted by Gasteiger charge is 2.04. The molecule has 0 saturated carbocycles. The van der Waals surface area contributed by atoms with Gasteiger partial charge in [-0.05, 0) is 24.3 Å². The molecule has 0 bridgehead atoms. The Morgan fingerprint density at radius 1 is 1.70 bits per heavy atom. The molecule has 10 heavy (non-hydrogen) atoms. The molecular weight excluding hydrogens is 122 g/mol. The number of hydrogen-bond donors (Lipinski definition) is 1. The predicted octanol–water partition coefficient (Wildman–Crippen LogP) is 1.86. The van der Waals surface area contributed by atoms with Crippen LogP contribution in [0.15, 0.2) is 23.8 Å². The molecule has 0 fully saturated rings. The fraction of sp³-hybridized carbons (Fsp3) is 0.556. The van der Waals surface area contributed by atoms with Crippen molar-refractivity contribution in [3.8, 4) is 0 Å². The third-order valence-corrected chi connectivity index (χ3v) is 2.03. The fourth-order valence-corrected chi connectivity index (χ4v) is 1.16. The van der Waals surface area contributed by atoms with Crippen molar-refractivity contribution in [2.24, 2.45) is 11.7 Å². The van der Waals surface area contributed by atoms with Crippen molar-refractivity contribution >= 4 is 0 Å². The van der Waals surface area contributed by atoms with E-state index in [0.717, 1.165) is 5.92 Å². The van der Waals surface area contributed by atoms with Crippen LogP contribution in [-0.2, 0) is 0 Å². The van der Waals surface area contributed by atoms with Gasteiger partial charge in [-0.1, -0.05) is 25.2 Å². The molecule has 2 N–H and O–H groups in total. The van der Waals surface area contributed by atoms with Gasteiger partial charge in [-0.15, -0.1) is 0 Å². The Balaban J connectivity index is 2.46. The average molecular weight is 137 g/mol. The van der Waals surface area contributed by atoms with Crippen LogP contribution in [0.3, 0.4) is 0 Å². The molecule has 1 rings (SSSR count). The van der Waals surface area contributed by atoms with Gasteiger partial charge < -0.3 is 5.73 Å². The van der Waals surface area contributed by atoms with E-state index < -0.39 is 0 Å². The minimum atomic E-state index is 0.687. The molecule has 1 nitrogen and oxygen atoms in total. The van der Waals surface area contributed by atoms with Gasteiger partial charge in [-0.3, -0.25) is 0 Å². The van der Waals surface area contributed by atoms with Gasteiger partial charge in [0.05, 0.1) is 0 Å². The SMILES string of the molecule is CC[C@@H]1C=CC(CN)=CC1. The molecule has 56 valence electrons. The van der Waals surface area contributed by atoms with Crippen LogP contribution in [0.2, 0.25) is 0 Å². The molecule has 1 aliphatic rings. The van der Waals surface area contributed by atoms with Crippen molar-refractivity contribution in [1.29, 1.82) is 0 Å². The minimum absolute atomic E-state index is 0.687.